The van der Waals surface area contributed by atoms with Gasteiger partial charge in [0, 0.05) is 13.1 Å². The van der Waals surface area contributed by atoms with Gasteiger partial charge in [0.05, 0.1) is 5.54 Å². The zero-order valence-electron chi connectivity index (χ0n) is 10.5. The van der Waals surface area contributed by atoms with Crippen LogP contribution in [-0.2, 0) is 6.54 Å². The van der Waals surface area contributed by atoms with Crippen molar-refractivity contribution in [2.45, 2.75) is 31.1 Å². The second kappa shape index (κ2) is 6.25. The van der Waals surface area contributed by atoms with E-state index in [0.29, 0.717) is 19.5 Å². The first kappa shape index (κ1) is 13.4. The smallest absolute Gasteiger partial charge is 0.148 e. The lowest BCUT2D eigenvalue weighted by molar-refractivity contribution is 0.0914. The molecule has 0 bridgehead atoms. The van der Waals surface area contributed by atoms with E-state index in [1.807, 2.05) is 30.3 Å². The minimum absolute atomic E-state index is 0.491. The van der Waals surface area contributed by atoms with E-state index in [2.05, 4.69) is 10.6 Å². The molecule has 0 radical (unpaired) electrons. The van der Waals surface area contributed by atoms with E-state index < -0.39 is 18.4 Å². The molecule has 2 nitrogen and oxygen atoms in total. The van der Waals surface area contributed by atoms with Gasteiger partial charge in [0.15, 0.2) is 0 Å². The Hall–Kier alpha value is -1.00. The number of benzene rings is 1. The van der Waals surface area contributed by atoms with Gasteiger partial charge in [-0.2, -0.15) is 0 Å². The predicted octanol–water partition coefficient (Wildman–Crippen LogP) is 2.21. The molecule has 1 aromatic rings. The topological polar surface area (TPSA) is 24.1 Å². The zero-order chi connectivity index (χ0) is 12.8. The molecule has 1 aliphatic heterocycles. The fourth-order valence-electron chi connectivity index (χ4n) is 2.48. The lowest BCUT2D eigenvalue weighted by atomic mass is 9.85. The summed E-state index contributed by atoms with van der Waals surface area (Å²) in [6, 6.07) is 9.82. The molecule has 2 atom stereocenters. The molecular weight excluding hydrogens is 234 g/mol. The lowest BCUT2D eigenvalue weighted by Crippen LogP contribution is -2.61. The first-order valence-corrected chi connectivity index (χ1v) is 6.46. The van der Waals surface area contributed by atoms with Gasteiger partial charge in [0.1, 0.15) is 12.8 Å². The highest BCUT2D eigenvalue weighted by atomic mass is 19.2. The summed E-state index contributed by atoms with van der Waals surface area (Å²) in [5, 5.41) is 6.38. The Bertz CT molecular complexity index is 350. The normalized spacial score (nSPS) is 25.9. The molecule has 1 saturated heterocycles. The Balaban J connectivity index is 2.01. The molecule has 1 fully saturated rings. The third-order valence-electron chi connectivity index (χ3n) is 3.64. The first-order chi connectivity index (χ1) is 8.77. The molecule has 4 heteroatoms. The van der Waals surface area contributed by atoms with Crippen LogP contribution in [0, 0.1) is 0 Å². The minimum atomic E-state index is -1.45. The standard InChI is InChI=1S/C14H20F2N2/c15-9-13(16)14(7-4-8-17-11-14)18-10-12-5-2-1-3-6-12/h1-3,5-6,13,17-18H,4,7-11H2. The molecule has 100 valence electrons. The molecule has 1 aromatic carbocycles. The maximum absolute atomic E-state index is 13.9. The summed E-state index contributed by atoms with van der Waals surface area (Å²) >= 11 is 0. The number of piperidine rings is 1. The summed E-state index contributed by atoms with van der Waals surface area (Å²) < 4.78 is 26.6. The van der Waals surface area contributed by atoms with Gasteiger partial charge in [-0.05, 0) is 24.9 Å². The average molecular weight is 254 g/mol. The van der Waals surface area contributed by atoms with Gasteiger partial charge in [0.25, 0.3) is 0 Å². The maximum Gasteiger partial charge on any atom is 0.148 e. The average Bonchev–Trinajstić information content (AvgIpc) is 2.46. The van der Waals surface area contributed by atoms with Crippen LogP contribution in [0.3, 0.4) is 0 Å². The van der Waals surface area contributed by atoms with Crippen molar-refractivity contribution in [2.75, 3.05) is 19.8 Å². The fraction of sp³-hybridized carbons (Fsp3) is 0.571. The first-order valence-electron chi connectivity index (χ1n) is 6.46. The van der Waals surface area contributed by atoms with E-state index in [0.717, 1.165) is 18.5 Å². The molecule has 2 rings (SSSR count). The quantitative estimate of drug-likeness (QED) is 0.842. The van der Waals surface area contributed by atoms with Gasteiger partial charge < -0.3 is 10.6 Å². The number of hydrogen-bond donors (Lipinski definition) is 2. The molecule has 18 heavy (non-hydrogen) atoms. The monoisotopic (exact) mass is 254 g/mol. The highest BCUT2D eigenvalue weighted by molar-refractivity contribution is 5.15. The number of halogens is 2. The molecule has 2 N–H and O–H groups in total. The van der Waals surface area contributed by atoms with Crippen molar-refractivity contribution in [1.82, 2.24) is 10.6 Å². The highest BCUT2D eigenvalue weighted by Crippen LogP contribution is 2.24. The van der Waals surface area contributed by atoms with Crippen LogP contribution in [0.4, 0.5) is 8.78 Å². The molecule has 0 amide bonds. The van der Waals surface area contributed by atoms with Crippen LogP contribution in [0.25, 0.3) is 0 Å². The third-order valence-corrected chi connectivity index (χ3v) is 3.64. The van der Waals surface area contributed by atoms with Crippen molar-refractivity contribution >= 4 is 0 Å². The van der Waals surface area contributed by atoms with Gasteiger partial charge in [-0.15, -0.1) is 0 Å². The summed E-state index contributed by atoms with van der Waals surface area (Å²) in [4.78, 5) is 0. The molecule has 0 aromatic heterocycles. The van der Waals surface area contributed by atoms with E-state index >= 15 is 0 Å². The van der Waals surface area contributed by atoms with Gasteiger partial charge in [-0.3, -0.25) is 0 Å². The molecule has 1 heterocycles. The molecule has 0 aliphatic carbocycles. The van der Waals surface area contributed by atoms with Crippen LogP contribution in [0.5, 0.6) is 0 Å². The Morgan fingerprint density at radius 3 is 2.72 bits per heavy atom. The Labute approximate surface area is 107 Å². The molecular formula is C14H20F2N2. The van der Waals surface area contributed by atoms with Crippen molar-refractivity contribution in [3.05, 3.63) is 35.9 Å². The van der Waals surface area contributed by atoms with Gasteiger partial charge in [-0.25, -0.2) is 8.78 Å². The van der Waals surface area contributed by atoms with Gasteiger partial charge >= 0.3 is 0 Å². The van der Waals surface area contributed by atoms with E-state index in [4.69, 9.17) is 0 Å². The van der Waals surface area contributed by atoms with Gasteiger partial charge in [0.2, 0.25) is 0 Å². The van der Waals surface area contributed by atoms with Crippen molar-refractivity contribution in [3.63, 3.8) is 0 Å². The predicted molar refractivity (Wildman–Crippen MR) is 69.0 cm³/mol. The van der Waals surface area contributed by atoms with Crippen molar-refractivity contribution in [1.29, 1.82) is 0 Å². The summed E-state index contributed by atoms with van der Waals surface area (Å²) in [5.41, 5.74) is 0.330. The third kappa shape index (κ3) is 3.06. The van der Waals surface area contributed by atoms with Crippen LogP contribution < -0.4 is 10.6 Å². The van der Waals surface area contributed by atoms with E-state index in [1.165, 1.54) is 0 Å². The highest BCUT2D eigenvalue weighted by Gasteiger charge is 2.40. The van der Waals surface area contributed by atoms with E-state index in [9.17, 15) is 8.78 Å². The molecule has 2 unspecified atom stereocenters. The number of rotatable bonds is 5. The van der Waals surface area contributed by atoms with Crippen molar-refractivity contribution < 1.29 is 8.78 Å². The summed E-state index contributed by atoms with van der Waals surface area (Å²) in [5.74, 6) is 0. The Morgan fingerprint density at radius 2 is 2.11 bits per heavy atom. The SMILES string of the molecule is FCC(F)C1(NCc2ccccc2)CCCNC1. The molecule has 0 spiro atoms. The van der Waals surface area contributed by atoms with Crippen LogP contribution in [0.2, 0.25) is 0 Å². The summed E-state index contributed by atoms with van der Waals surface area (Å²) in [6.07, 6.45) is 0.106. The molecule has 0 saturated carbocycles. The minimum Gasteiger partial charge on any atom is -0.315 e. The second-order valence-corrected chi connectivity index (χ2v) is 4.90. The summed E-state index contributed by atoms with van der Waals surface area (Å²) in [6.45, 7) is 1.02. The summed E-state index contributed by atoms with van der Waals surface area (Å²) in [7, 11) is 0. The second-order valence-electron chi connectivity index (χ2n) is 4.90. The lowest BCUT2D eigenvalue weighted by Gasteiger charge is -2.40. The van der Waals surface area contributed by atoms with Gasteiger partial charge in [-0.1, -0.05) is 30.3 Å². The number of alkyl halides is 2. The maximum atomic E-state index is 13.9. The molecule has 1 aliphatic rings. The van der Waals surface area contributed by atoms with E-state index in [1.54, 1.807) is 0 Å². The van der Waals surface area contributed by atoms with Crippen molar-refractivity contribution in [2.24, 2.45) is 0 Å². The largest absolute Gasteiger partial charge is 0.315 e. The number of hydrogen-bond acceptors (Lipinski definition) is 2. The number of nitrogens with one attached hydrogen (secondary N) is 2. The van der Waals surface area contributed by atoms with Crippen molar-refractivity contribution in [3.8, 4) is 0 Å². The Morgan fingerprint density at radius 1 is 1.33 bits per heavy atom. The van der Waals surface area contributed by atoms with Crippen LogP contribution in [0.1, 0.15) is 18.4 Å². The van der Waals surface area contributed by atoms with E-state index in [-0.39, 0.29) is 0 Å². The fourth-order valence-corrected chi connectivity index (χ4v) is 2.48. The van der Waals surface area contributed by atoms with Crippen LogP contribution in [0.15, 0.2) is 30.3 Å². The Kier molecular flexibility index (Phi) is 4.66. The van der Waals surface area contributed by atoms with Crippen LogP contribution >= 0.6 is 0 Å². The van der Waals surface area contributed by atoms with Crippen LogP contribution in [-0.4, -0.2) is 31.5 Å². The zero-order valence-corrected chi connectivity index (χ0v) is 10.5.